The third-order valence-electron chi connectivity index (χ3n) is 2.21. The molecule has 2 aromatic rings. The fourth-order valence-electron chi connectivity index (χ4n) is 1.41. The molecule has 0 saturated heterocycles. The molecule has 0 aliphatic carbocycles. The van der Waals surface area contributed by atoms with Crippen molar-refractivity contribution in [3.05, 3.63) is 51.9 Å². The number of hydrogen-bond acceptors (Lipinski definition) is 4. The summed E-state index contributed by atoms with van der Waals surface area (Å²) in [6.07, 6.45) is 1.56. The normalized spacial score (nSPS) is 10.4. The first-order valence-corrected chi connectivity index (χ1v) is 6.63. The van der Waals surface area contributed by atoms with Gasteiger partial charge in [0.1, 0.15) is 0 Å². The van der Waals surface area contributed by atoms with E-state index in [0.29, 0.717) is 10.2 Å². The van der Waals surface area contributed by atoms with Gasteiger partial charge in [-0.25, -0.2) is 0 Å². The molecular weight excluding hydrogens is 288 g/mol. The first-order chi connectivity index (χ1) is 9.06. The molecule has 0 spiro atoms. The Hall–Kier alpha value is -1.79. The van der Waals surface area contributed by atoms with Gasteiger partial charge in [0.15, 0.2) is 5.16 Å². The molecule has 98 valence electrons. The van der Waals surface area contributed by atoms with Crippen molar-refractivity contribution in [2.24, 2.45) is 0 Å². The van der Waals surface area contributed by atoms with E-state index in [1.165, 1.54) is 6.07 Å². The van der Waals surface area contributed by atoms with E-state index in [1.54, 1.807) is 35.0 Å². The lowest BCUT2D eigenvalue weighted by atomic mass is 10.3. The molecule has 0 atom stereocenters. The number of nitrogens with zero attached hydrogens (tertiary/aromatic N) is 2. The summed E-state index contributed by atoms with van der Waals surface area (Å²) in [4.78, 5) is 25.7. The number of carboxylic acid groups (broad SMARTS) is 1. The Balaban J connectivity index is 2.41. The summed E-state index contributed by atoms with van der Waals surface area (Å²) in [5, 5.41) is 9.61. The molecule has 2 rings (SSSR count). The maximum atomic E-state index is 11.3. The zero-order valence-electron chi connectivity index (χ0n) is 9.62. The number of carboxylic acids is 1. The molecule has 0 amide bonds. The van der Waals surface area contributed by atoms with Gasteiger partial charge in [-0.05, 0) is 24.3 Å². The van der Waals surface area contributed by atoms with Crippen LogP contribution < -0.4 is 5.56 Å². The lowest BCUT2D eigenvalue weighted by Crippen LogP contribution is -2.13. The summed E-state index contributed by atoms with van der Waals surface area (Å²) in [6, 6.07) is 8.26. The maximum absolute atomic E-state index is 11.3. The van der Waals surface area contributed by atoms with E-state index in [1.807, 2.05) is 0 Å². The van der Waals surface area contributed by atoms with Crippen LogP contribution in [0.5, 0.6) is 0 Å². The number of halogens is 1. The Morgan fingerprint density at radius 2 is 2.00 bits per heavy atom. The van der Waals surface area contributed by atoms with Gasteiger partial charge in [-0.15, -0.1) is 0 Å². The van der Waals surface area contributed by atoms with Gasteiger partial charge in [-0.1, -0.05) is 23.4 Å². The Labute approximate surface area is 117 Å². The van der Waals surface area contributed by atoms with Crippen molar-refractivity contribution < 1.29 is 9.90 Å². The van der Waals surface area contributed by atoms with Gasteiger partial charge in [-0.2, -0.15) is 4.98 Å². The first kappa shape index (κ1) is 13.6. The summed E-state index contributed by atoms with van der Waals surface area (Å²) in [5.41, 5.74) is 0.350. The largest absolute Gasteiger partial charge is 0.481 e. The number of benzene rings is 1. The van der Waals surface area contributed by atoms with Crippen molar-refractivity contribution in [3.8, 4) is 5.69 Å². The molecule has 7 heteroatoms. The minimum absolute atomic E-state index is 0.163. The van der Waals surface area contributed by atoms with E-state index < -0.39 is 11.5 Å². The van der Waals surface area contributed by atoms with Crippen LogP contribution in [0, 0.1) is 0 Å². The van der Waals surface area contributed by atoms with Crippen molar-refractivity contribution >= 4 is 29.3 Å². The second-order valence-corrected chi connectivity index (χ2v) is 4.96. The fourth-order valence-corrected chi connectivity index (χ4v) is 2.25. The van der Waals surface area contributed by atoms with Crippen molar-refractivity contribution in [1.29, 1.82) is 0 Å². The van der Waals surface area contributed by atoms with Crippen molar-refractivity contribution in [2.75, 3.05) is 5.75 Å². The van der Waals surface area contributed by atoms with Crippen LogP contribution in [0.15, 0.2) is 46.5 Å². The van der Waals surface area contributed by atoms with Crippen LogP contribution >= 0.6 is 23.4 Å². The SMILES string of the molecule is O=C(O)CSc1nc(=O)ccn1-c1ccc(Cl)cc1. The van der Waals surface area contributed by atoms with E-state index in [2.05, 4.69) is 4.98 Å². The average molecular weight is 297 g/mol. The molecular formula is C12H9ClN2O3S. The van der Waals surface area contributed by atoms with Crippen molar-refractivity contribution in [3.63, 3.8) is 0 Å². The molecule has 0 fully saturated rings. The Morgan fingerprint density at radius 1 is 1.32 bits per heavy atom. The van der Waals surface area contributed by atoms with Crippen molar-refractivity contribution in [2.45, 2.75) is 5.16 Å². The lowest BCUT2D eigenvalue weighted by Gasteiger charge is -2.10. The van der Waals surface area contributed by atoms with Crippen LogP contribution in [0.2, 0.25) is 5.02 Å². The van der Waals surface area contributed by atoms with Crippen LogP contribution in [0.1, 0.15) is 0 Å². The van der Waals surface area contributed by atoms with Gasteiger partial charge in [0, 0.05) is 23.0 Å². The highest BCUT2D eigenvalue weighted by Gasteiger charge is 2.08. The first-order valence-electron chi connectivity index (χ1n) is 5.26. The predicted molar refractivity (Wildman–Crippen MR) is 73.2 cm³/mol. The van der Waals surface area contributed by atoms with E-state index in [9.17, 15) is 9.59 Å². The number of hydrogen-bond donors (Lipinski definition) is 1. The zero-order valence-corrected chi connectivity index (χ0v) is 11.2. The van der Waals surface area contributed by atoms with E-state index in [0.717, 1.165) is 17.4 Å². The molecule has 5 nitrogen and oxygen atoms in total. The van der Waals surface area contributed by atoms with E-state index in [-0.39, 0.29) is 5.75 Å². The smallest absolute Gasteiger partial charge is 0.313 e. The quantitative estimate of drug-likeness (QED) is 0.691. The van der Waals surface area contributed by atoms with Crippen LogP contribution in [-0.2, 0) is 4.79 Å². The number of carbonyl (C=O) groups is 1. The molecule has 0 unspecified atom stereocenters. The molecule has 0 bridgehead atoms. The summed E-state index contributed by atoms with van der Waals surface area (Å²) in [5.74, 6) is -1.13. The van der Waals surface area contributed by atoms with Crippen molar-refractivity contribution in [1.82, 2.24) is 9.55 Å². The highest BCUT2D eigenvalue weighted by Crippen LogP contribution is 2.19. The Morgan fingerprint density at radius 3 is 2.63 bits per heavy atom. The second kappa shape index (κ2) is 5.90. The summed E-state index contributed by atoms with van der Waals surface area (Å²) < 4.78 is 1.64. The van der Waals surface area contributed by atoms with Gasteiger partial charge >= 0.3 is 5.97 Å². The molecule has 0 aliphatic heterocycles. The fraction of sp³-hybridized carbons (Fsp3) is 0.0833. The van der Waals surface area contributed by atoms with Gasteiger partial charge in [0.05, 0.1) is 5.75 Å². The minimum Gasteiger partial charge on any atom is -0.481 e. The third-order valence-corrected chi connectivity index (χ3v) is 3.40. The molecule has 0 aliphatic rings. The Kier molecular flexibility index (Phi) is 4.24. The van der Waals surface area contributed by atoms with E-state index >= 15 is 0 Å². The molecule has 1 heterocycles. The summed E-state index contributed by atoms with van der Waals surface area (Å²) >= 11 is 6.80. The number of rotatable bonds is 4. The topological polar surface area (TPSA) is 72.2 Å². The summed E-state index contributed by atoms with van der Waals surface area (Å²) in [7, 11) is 0. The van der Waals surface area contributed by atoms with Gasteiger partial charge in [0.25, 0.3) is 5.56 Å². The van der Waals surface area contributed by atoms with Gasteiger partial charge < -0.3 is 5.11 Å². The minimum atomic E-state index is -0.967. The predicted octanol–water partition coefficient (Wildman–Crippen LogP) is 2.06. The highest BCUT2D eigenvalue weighted by molar-refractivity contribution is 7.99. The average Bonchev–Trinajstić information content (AvgIpc) is 2.38. The number of aromatic nitrogens is 2. The monoisotopic (exact) mass is 296 g/mol. The number of aliphatic carboxylic acids is 1. The van der Waals surface area contributed by atoms with E-state index in [4.69, 9.17) is 16.7 Å². The molecule has 19 heavy (non-hydrogen) atoms. The molecule has 1 aromatic carbocycles. The van der Waals surface area contributed by atoms with Crippen LogP contribution in [0.25, 0.3) is 5.69 Å². The molecule has 1 aromatic heterocycles. The second-order valence-electron chi connectivity index (χ2n) is 3.58. The zero-order chi connectivity index (χ0) is 13.8. The Bertz CT molecular complexity index is 655. The standard InChI is InChI=1S/C12H9ClN2O3S/c13-8-1-3-9(4-2-8)15-6-5-10(16)14-12(15)19-7-11(17)18/h1-6H,7H2,(H,17,18). The van der Waals surface area contributed by atoms with Crippen LogP contribution in [0.4, 0.5) is 0 Å². The third kappa shape index (κ3) is 3.59. The lowest BCUT2D eigenvalue weighted by molar-refractivity contribution is -0.133. The summed E-state index contributed by atoms with van der Waals surface area (Å²) in [6.45, 7) is 0. The molecule has 0 saturated carbocycles. The van der Waals surface area contributed by atoms with Crippen LogP contribution in [0.3, 0.4) is 0 Å². The maximum Gasteiger partial charge on any atom is 0.313 e. The van der Waals surface area contributed by atoms with Gasteiger partial charge in [-0.3, -0.25) is 14.2 Å². The highest BCUT2D eigenvalue weighted by atomic mass is 35.5. The molecule has 1 N–H and O–H groups in total. The molecule has 0 radical (unpaired) electrons. The number of thioether (sulfide) groups is 1. The van der Waals surface area contributed by atoms with Gasteiger partial charge in [0.2, 0.25) is 0 Å². The van der Waals surface area contributed by atoms with Crippen LogP contribution in [-0.4, -0.2) is 26.4 Å².